The van der Waals surface area contributed by atoms with Gasteiger partial charge in [-0.1, -0.05) is 120 Å². The molecule has 68 heavy (non-hydrogen) atoms. The standard InChI is InChI=1S/C64H60N4/c1-47-15-11-23-61(43-47)67(62-24-12-16-48(2)44-62)59-39-35-57(36-40-59)65(53-19-7-5-8-20-53)55-31-27-51(28-32-55)52-29-33-56(34-30-52)66(54-21-9-6-10-22-54)58-37-41-60(42-38-58)68(63-25-13-17-49(3)45-63)64-26-14-18-50(4)46-64/h5-11,13,15,17,19-24,26-46,63H,12,14,16,18,25H2,1-4H3. The fraction of sp³-hybridized carbons (Fsp3) is 0.156. The topological polar surface area (TPSA) is 13.0 Å². The first-order valence-electron chi connectivity index (χ1n) is 24.2. The molecule has 3 aliphatic carbocycles. The number of rotatable bonds is 13. The molecule has 1 unspecified atom stereocenters. The van der Waals surface area contributed by atoms with Gasteiger partial charge in [-0.3, -0.25) is 0 Å². The molecular weight excluding hydrogens is 825 g/mol. The van der Waals surface area contributed by atoms with Gasteiger partial charge in [-0.05, 0) is 198 Å². The van der Waals surface area contributed by atoms with Gasteiger partial charge in [0.05, 0.1) is 6.04 Å². The number of nitrogens with zero attached hydrogens (tertiary/aromatic N) is 4. The van der Waals surface area contributed by atoms with Crippen LogP contribution in [0.25, 0.3) is 11.1 Å². The lowest BCUT2D eigenvalue weighted by atomic mass is 9.97. The van der Waals surface area contributed by atoms with E-state index in [-0.39, 0.29) is 6.04 Å². The summed E-state index contributed by atoms with van der Waals surface area (Å²) in [5, 5.41) is 0. The maximum absolute atomic E-state index is 2.52. The molecule has 1 atom stereocenters. The average molecular weight is 885 g/mol. The van der Waals surface area contributed by atoms with Crippen LogP contribution >= 0.6 is 0 Å². The van der Waals surface area contributed by atoms with Gasteiger partial charge in [0.15, 0.2) is 0 Å². The third-order valence-electron chi connectivity index (χ3n) is 13.3. The van der Waals surface area contributed by atoms with Crippen LogP contribution in [0.4, 0.5) is 51.2 Å². The van der Waals surface area contributed by atoms with E-state index >= 15 is 0 Å². The van der Waals surface area contributed by atoms with Gasteiger partial charge in [-0.15, -0.1) is 0 Å². The molecular formula is C64H60N4. The summed E-state index contributed by atoms with van der Waals surface area (Å²) in [6.07, 6.45) is 21.8. The zero-order valence-corrected chi connectivity index (χ0v) is 39.8. The lowest BCUT2D eigenvalue weighted by Gasteiger charge is -2.35. The number of hydrogen-bond donors (Lipinski definition) is 0. The predicted molar refractivity (Wildman–Crippen MR) is 290 cm³/mol. The molecule has 0 saturated heterocycles. The Morgan fingerprint density at radius 2 is 0.824 bits per heavy atom. The van der Waals surface area contributed by atoms with Gasteiger partial charge in [-0.2, -0.15) is 0 Å². The summed E-state index contributed by atoms with van der Waals surface area (Å²) in [4.78, 5) is 9.61. The zero-order valence-electron chi connectivity index (χ0n) is 39.8. The van der Waals surface area contributed by atoms with Gasteiger partial charge in [0.2, 0.25) is 0 Å². The van der Waals surface area contributed by atoms with Crippen LogP contribution in [0.2, 0.25) is 0 Å². The minimum atomic E-state index is 0.270. The number of para-hydroxylation sites is 2. The van der Waals surface area contributed by atoms with Gasteiger partial charge in [0, 0.05) is 62.6 Å². The first-order valence-corrected chi connectivity index (χ1v) is 24.2. The Bertz CT molecular complexity index is 3040. The molecule has 4 nitrogen and oxygen atoms in total. The zero-order chi connectivity index (χ0) is 46.4. The van der Waals surface area contributed by atoms with Crippen molar-refractivity contribution in [1.82, 2.24) is 0 Å². The maximum atomic E-state index is 2.52. The molecule has 336 valence electrons. The Morgan fingerprint density at radius 1 is 0.397 bits per heavy atom. The van der Waals surface area contributed by atoms with Crippen LogP contribution in [0.15, 0.2) is 253 Å². The molecule has 0 radical (unpaired) electrons. The first-order chi connectivity index (χ1) is 33.3. The molecule has 0 bridgehead atoms. The highest BCUT2D eigenvalue weighted by Crippen LogP contribution is 2.41. The van der Waals surface area contributed by atoms with Gasteiger partial charge in [0.1, 0.15) is 0 Å². The van der Waals surface area contributed by atoms with E-state index in [4.69, 9.17) is 0 Å². The fourth-order valence-corrected chi connectivity index (χ4v) is 9.90. The lowest BCUT2D eigenvalue weighted by molar-refractivity contribution is 0.745. The monoisotopic (exact) mass is 884 g/mol. The number of benzene rings is 7. The molecule has 10 rings (SSSR count). The van der Waals surface area contributed by atoms with Gasteiger partial charge < -0.3 is 19.6 Å². The highest BCUT2D eigenvalue weighted by Gasteiger charge is 2.24. The van der Waals surface area contributed by atoms with Crippen molar-refractivity contribution >= 4 is 51.2 Å². The number of allylic oxidation sites excluding steroid dienone is 8. The second kappa shape index (κ2) is 20.0. The van der Waals surface area contributed by atoms with Crippen molar-refractivity contribution in [3.05, 3.63) is 258 Å². The maximum Gasteiger partial charge on any atom is 0.0562 e. The third-order valence-corrected chi connectivity index (χ3v) is 13.3. The minimum Gasteiger partial charge on any atom is -0.335 e. The van der Waals surface area contributed by atoms with E-state index in [0.717, 1.165) is 71.9 Å². The number of anilines is 9. The van der Waals surface area contributed by atoms with Crippen molar-refractivity contribution in [2.24, 2.45) is 0 Å². The fourth-order valence-electron chi connectivity index (χ4n) is 9.90. The largest absolute Gasteiger partial charge is 0.335 e. The van der Waals surface area contributed by atoms with E-state index in [2.05, 4.69) is 272 Å². The Labute approximate surface area is 404 Å². The lowest BCUT2D eigenvalue weighted by Crippen LogP contribution is -2.34. The van der Waals surface area contributed by atoms with Crippen LogP contribution in [-0.2, 0) is 0 Å². The summed E-state index contributed by atoms with van der Waals surface area (Å²) in [7, 11) is 0. The highest BCUT2D eigenvalue weighted by atomic mass is 15.2. The molecule has 0 aromatic heterocycles. The smallest absolute Gasteiger partial charge is 0.0562 e. The third kappa shape index (κ3) is 9.68. The van der Waals surface area contributed by atoms with Crippen LogP contribution in [-0.4, -0.2) is 6.04 Å². The molecule has 0 aliphatic heterocycles. The Kier molecular flexibility index (Phi) is 12.9. The van der Waals surface area contributed by atoms with E-state index in [9.17, 15) is 0 Å². The molecule has 0 spiro atoms. The van der Waals surface area contributed by atoms with Gasteiger partial charge in [-0.25, -0.2) is 0 Å². The normalized spacial score (nSPS) is 15.6. The minimum absolute atomic E-state index is 0.270. The van der Waals surface area contributed by atoms with Gasteiger partial charge >= 0.3 is 0 Å². The second-order valence-corrected chi connectivity index (χ2v) is 18.4. The van der Waals surface area contributed by atoms with Crippen LogP contribution < -0.4 is 19.6 Å². The molecule has 0 N–H and O–H groups in total. The Balaban J connectivity index is 0.927. The Hall–Kier alpha value is -7.82. The molecule has 0 saturated carbocycles. The molecule has 7 aromatic rings. The van der Waals surface area contributed by atoms with Crippen LogP contribution in [0.3, 0.4) is 0 Å². The molecule has 0 amide bonds. The Morgan fingerprint density at radius 3 is 1.31 bits per heavy atom. The van der Waals surface area contributed by atoms with E-state index < -0.39 is 0 Å². The van der Waals surface area contributed by atoms with Crippen molar-refractivity contribution in [2.45, 2.75) is 65.8 Å². The quantitative estimate of drug-likeness (QED) is 0.114. The van der Waals surface area contributed by atoms with Crippen LogP contribution in [0.1, 0.15) is 58.4 Å². The van der Waals surface area contributed by atoms with E-state index in [0.29, 0.717) is 0 Å². The molecule has 0 heterocycles. The molecule has 4 heteroatoms. The van der Waals surface area contributed by atoms with E-state index in [1.807, 2.05) is 0 Å². The summed E-state index contributed by atoms with van der Waals surface area (Å²) in [6, 6.07) is 66.5. The number of hydrogen-bond acceptors (Lipinski definition) is 4. The van der Waals surface area contributed by atoms with Crippen molar-refractivity contribution in [1.29, 1.82) is 0 Å². The second-order valence-electron chi connectivity index (χ2n) is 18.4. The summed E-state index contributed by atoms with van der Waals surface area (Å²) in [5.41, 5.74) is 20.4. The molecule has 7 aromatic carbocycles. The average Bonchev–Trinajstić information content (AvgIpc) is 3.37. The van der Waals surface area contributed by atoms with Crippen LogP contribution in [0.5, 0.6) is 0 Å². The van der Waals surface area contributed by atoms with E-state index in [1.165, 1.54) is 56.2 Å². The highest BCUT2D eigenvalue weighted by molar-refractivity contribution is 5.82. The molecule has 3 aliphatic rings. The summed E-state index contributed by atoms with van der Waals surface area (Å²) < 4.78 is 0. The van der Waals surface area contributed by atoms with E-state index in [1.54, 1.807) is 0 Å². The first kappa shape index (κ1) is 44.0. The number of aryl methyl sites for hydroxylation is 1. The van der Waals surface area contributed by atoms with Crippen molar-refractivity contribution in [2.75, 3.05) is 19.6 Å². The van der Waals surface area contributed by atoms with Crippen LogP contribution in [0, 0.1) is 6.92 Å². The summed E-state index contributed by atoms with van der Waals surface area (Å²) in [5.74, 6) is 0. The summed E-state index contributed by atoms with van der Waals surface area (Å²) in [6.45, 7) is 8.85. The van der Waals surface area contributed by atoms with Crippen molar-refractivity contribution < 1.29 is 0 Å². The summed E-state index contributed by atoms with van der Waals surface area (Å²) >= 11 is 0. The van der Waals surface area contributed by atoms with Crippen molar-refractivity contribution in [3.8, 4) is 11.1 Å². The SMILES string of the molecule is CC1=CC(N(C2=CCCC(C)=C2)c2ccc(N(c3ccccc3)c3ccc(-c4ccc(N(c5ccccc5)c5ccc(N(C6=CCCC(C)=C6)c6cccc(C)c6)cc5)cc4)cc3)cc2)CC=C1. The van der Waals surface area contributed by atoms with Crippen molar-refractivity contribution in [3.63, 3.8) is 0 Å². The predicted octanol–water partition coefficient (Wildman–Crippen LogP) is 18.1. The van der Waals surface area contributed by atoms with Gasteiger partial charge in [0.25, 0.3) is 0 Å². The molecule has 0 fully saturated rings.